The maximum absolute atomic E-state index is 11.9. The van der Waals surface area contributed by atoms with E-state index in [1.54, 1.807) is 25.3 Å². The summed E-state index contributed by atoms with van der Waals surface area (Å²) in [7, 11) is 1.56. The van der Waals surface area contributed by atoms with E-state index in [0.717, 1.165) is 0 Å². The van der Waals surface area contributed by atoms with E-state index in [-0.39, 0.29) is 24.8 Å². The number of carboxylic acids is 1. The Labute approximate surface area is 147 Å². The number of methoxy groups -OCH3 is 1. The van der Waals surface area contributed by atoms with E-state index in [2.05, 4.69) is 10.6 Å². The lowest BCUT2D eigenvalue weighted by molar-refractivity contribution is -0.142. The monoisotopic (exact) mass is 356 g/mol. The number of amides is 1. The van der Waals surface area contributed by atoms with Crippen molar-refractivity contribution in [2.45, 2.75) is 26.7 Å². The SMILES string of the molecule is COc1ccc(Cl)cc1NCCC(=O)NCC(CC(C)C)C(=O)O. The predicted molar refractivity (Wildman–Crippen MR) is 94.7 cm³/mol. The van der Waals surface area contributed by atoms with Crippen LogP contribution in [-0.4, -0.2) is 37.2 Å². The lowest BCUT2D eigenvalue weighted by Gasteiger charge is -2.16. The molecular weight excluding hydrogens is 332 g/mol. The average Bonchev–Trinajstić information content (AvgIpc) is 2.51. The van der Waals surface area contributed by atoms with Gasteiger partial charge in [0.1, 0.15) is 5.75 Å². The van der Waals surface area contributed by atoms with Crippen LogP contribution in [0.5, 0.6) is 5.75 Å². The summed E-state index contributed by atoms with van der Waals surface area (Å²) in [6.07, 6.45) is 0.761. The Kier molecular flexibility index (Phi) is 8.40. The fourth-order valence-electron chi connectivity index (χ4n) is 2.29. The summed E-state index contributed by atoms with van der Waals surface area (Å²) in [5.74, 6) is -0.734. The van der Waals surface area contributed by atoms with Crippen molar-refractivity contribution < 1.29 is 19.4 Å². The molecule has 1 aromatic carbocycles. The zero-order chi connectivity index (χ0) is 18.1. The van der Waals surface area contributed by atoms with Gasteiger partial charge in [-0.2, -0.15) is 0 Å². The fraction of sp³-hybridized carbons (Fsp3) is 0.529. The van der Waals surface area contributed by atoms with Crippen LogP contribution in [0.15, 0.2) is 18.2 Å². The van der Waals surface area contributed by atoms with Crippen molar-refractivity contribution in [1.29, 1.82) is 0 Å². The van der Waals surface area contributed by atoms with Crippen molar-refractivity contribution >= 4 is 29.2 Å². The van der Waals surface area contributed by atoms with E-state index in [4.69, 9.17) is 21.4 Å². The van der Waals surface area contributed by atoms with Gasteiger partial charge in [-0.3, -0.25) is 9.59 Å². The number of benzene rings is 1. The van der Waals surface area contributed by atoms with Crippen LogP contribution in [0.2, 0.25) is 5.02 Å². The lowest BCUT2D eigenvalue weighted by Crippen LogP contribution is -2.34. The van der Waals surface area contributed by atoms with Crippen LogP contribution in [0.3, 0.4) is 0 Å². The van der Waals surface area contributed by atoms with E-state index >= 15 is 0 Å². The molecule has 7 heteroatoms. The number of aliphatic carboxylic acids is 1. The minimum Gasteiger partial charge on any atom is -0.495 e. The van der Waals surface area contributed by atoms with Crippen LogP contribution in [-0.2, 0) is 9.59 Å². The molecule has 0 heterocycles. The molecule has 0 aliphatic carbocycles. The second-order valence-corrected chi connectivity index (χ2v) is 6.43. The molecule has 0 radical (unpaired) electrons. The molecule has 0 aliphatic heterocycles. The normalized spacial score (nSPS) is 11.9. The van der Waals surface area contributed by atoms with Crippen molar-refractivity contribution in [3.63, 3.8) is 0 Å². The number of nitrogens with one attached hydrogen (secondary N) is 2. The van der Waals surface area contributed by atoms with Crippen LogP contribution in [0.4, 0.5) is 5.69 Å². The number of anilines is 1. The molecule has 24 heavy (non-hydrogen) atoms. The Morgan fingerprint density at radius 1 is 1.33 bits per heavy atom. The number of rotatable bonds is 10. The molecule has 0 saturated carbocycles. The zero-order valence-electron chi connectivity index (χ0n) is 14.3. The van der Waals surface area contributed by atoms with Crippen LogP contribution in [0.25, 0.3) is 0 Å². The van der Waals surface area contributed by atoms with Crippen molar-refractivity contribution in [2.75, 3.05) is 25.5 Å². The van der Waals surface area contributed by atoms with Gasteiger partial charge in [-0.1, -0.05) is 25.4 Å². The van der Waals surface area contributed by atoms with Gasteiger partial charge in [-0.05, 0) is 30.5 Å². The summed E-state index contributed by atoms with van der Waals surface area (Å²) >= 11 is 5.94. The number of hydrogen-bond acceptors (Lipinski definition) is 4. The van der Waals surface area contributed by atoms with Crippen LogP contribution >= 0.6 is 11.6 Å². The van der Waals surface area contributed by atoms with Crippen LogP contribution in [0.1, 0.15) is 26.7 Å². The molecule has 0 fully saturated rings. The van der Waals surface area contributed by atoms with Gasteiger partial charge in [-0.15, -0.1) is 0 Å². The molecule has 0 saturated heterocycles. The Morgan fingerprint density at radius 3 is 2.62 bits per heavy atom. The molecule has 0 aliphatic rings. The molecule has 1 amide bonds. The van der Waals surface area contributed by atoms with Crippen molar-refractivity contribution in [3.05, 3.63) is 23.2 Å². The molecule has 6 nitrogen and oxygen atoms in total. The summed E-state index contributed by atoms with van der Waals surface area (Å²) in [5.41, 5.74) is 0.709. The minimum atomic E-state index is -0.884. The first-order valence-electron chi connectivity index (χ1n) is 7.90. The van der Waals surface area contributed by atoms with Crippen molar-refractivity contribution in [2.24, 2.45) is 11.8 Å². The van der Waals surface area contributed by atoms with Gasteiger partial charge in [0.15, 0.2) is 0 Å². The molecule has 0 spiro atoms. The highest BCUT2D eigenvalue weighted by atomic mass is 35.5. The van der Waals surface area contributed by atoms with E-state index in [9.17, 15) is 9.59 Å². The summed E-state index contributed by atoms with van der Waals surface area (Å²) in [5, 5.41) is 15.5. The van der Waals surface area contributed by atoms with Gasteiger partial charge in [-0.25, -0.2) is 0 Å². The van der Waals surface area contributed by atoms with Crippen LogP contribution < -0.4 is 15.4 Å². The number of hydrogen-bond donors (Lipinski definition) is 3. The Bertz CT molecular complexity index is 564. The summed E-state index contributed by atoms with van der Waals surface area (Å²) in [6.45, 7) is 4.46. The highest BCUT2D eigenvalue weighted by Gasteiger charge is 2.19. The predicted octanol–water partition coefficient (Wildman–Crippen LogP) is 3.01. The van der Waals surface area contributed by atoms with Crippen molar-refractivity contribution in [3.8, 4) is 5.75 Å². The highest BCUT2D eigenvalue weighted by molar-refractivity contribution is 6.30. The second-order valence-electron chi connectivity index (χ2n) is 5.99. The molecule has 1 unspecified atom stereocenters. The first-order valence-corrected chi connectivity index (χ1v) is 8.28. The summed E-state index contributed by atoms with van der Waals surface area (Å²) < 4.78 is 5.21. The summed E-state index contributed by atoms with van der Waals surface area (Å²) in [4.78, 5) is 23.0. The third kappa shape index (κ3) is 7.08. The molecule has 0 bridgehead atoms. The standard InChI is InChI=1S/C17H25ClN2O4/c1-11(2)8-12(17(22)23)10-20-16(21)6-7-19-14-9-13(18)4-5-15(14)24-3/h4-5,9,11-12,19H,6-8,10H2,1-3H3,(H,20,21)(H,22,23). The zero-order valence-corrected chi connectivity index (χ0v) is 15.0. The minimum absolute atomic E-state index is 0.146. The molecule has 3 N–H and O–H groups in total. The number of carbonyl (C=O) groups is 2. The Morgan fingerprint density at radius 2 is 2.04 bits per heavy atom. The largest absolute Gasteiger partial charge is 0.495 e. The van der Waals surface area contributed by atoms with Gasteiger partial charge in [0.25, 0.3) is 0 Å². The van der Waals surface area contributed by atoms with Gasteiger partial charge < -0.3 is 20.5 Å². The lowest BCUT2D eigenvalue weighted by atomic mass is 9.97. The molecule has 134 valence electrons. The molecular formula is C17H25ClN2O4. The van der Waals surface area contributed by atoms with Gasteiger partial charge in [0.2, 0.25) is 5.91 Å². The number of ether oxygens (including phenoxy) is 1. The van der Waals surface area contributed by atoms with Crippen LogP contribution in [0, 0.1) is 11.8 Å². The van der Waals surface area contributed by atoms with Gasteiger partial charge in [0.05, 0.1) is 18.7 Å². The first-order chi connectivity index (χ1) is 11.3. The van der Waals surface area contributed by atoms with Crippen molar-refractivity contribution in [1.82, 2.24) is 5.32 Å². The van der Waals surface area contributed by atoms with E-state index in [0.29, 0.717) is 29.4 Å². The van der Waals surface area contributed by atoms with E-state index < -0.39 is 11.9 Å². The van der Waals surface area contributed by atoms with E-state index in [1.165, 1.54) is 0 Å². The molecule has 1 aromatic rings. The van der Waals surface area contributed by atoms with Gasteiger partial charge in [0, 0.05) is 24.5 Å². The Hall–Kier alpha value is -1.95. The molecule has 1 atom stereocenters. The topological polar surface area (TPSA) is 87.7 Å². The Balaban J connectivity index is 2.41. The van der Waals surface area contributed by atoms with Gasteiger partial charge >= 0.3 is 5.97 Å². The summed E-state index contributed by atoms with van der Waals surface area (Å²) in [6, 6.07) is 5.19. The first kappa shape index (κ1) is 20.1. The number of carbonyl (C=O) groups excluding carboxylic acids is 1. The maximum Gasteiger partial charge on any atom is 0.308 e. The van der Waals surface area contributed by atoms with E-state index in [1.807, 2.05) is 13.8 Å². The quantitative estimate of drug-likeness (QED) is 0.599. The average molecular weight is 357 g/mol. The fourth-order valence-corrected chi connectivity index (χ4v) is 2.47. The third-order valence-corrected chi connectivity index (χ3v) is 3.71. The molecule has 1 rings (SSSR count). The molecule has 0 aromatic heterocycles. The maximum atomic E-state index is 11.9. The highest BCUT2D eigenvalue weighted by Crippen LogP contribution is 2.27. The smallest absolute Gasteiger partial charge is 0.308 e. The number of halogens is 1. The second kappa shape index (κ2) is 10.0. The number of carboxylic acid groups (broad SMARTS) is 1. The third-order valence-electron chi connectivity index (χ3n) is 3.48.